The third kappa shape index (κ3) is 3.24. The predicted octanol–water partition coefficient (Wildman–Crippen LogP) is 2.27. The van der Waals surface area contributed by atoms with Gasteiger partial charge < -0.3 is 9.47 Å². The average Bonchev–Trinajstić information content (AvgIpc) is 2.46. The molecule has 0 saturated carbocycles. The van der Waals surface area contributed by atoms with E-state index in [1.165, 1.54) is 4.31 Å². The summed E-state index contributed by atoms with van der Waals surface area (Å²) in [6.07, 6.45) is 3.87. The molecule has 0 radical (unpaired) electrons. The fraction of sp³-hybridized carbons (Fsp3) is 0.571. The van der Waals surface area contributed by atoms with E-state index in [0.717, 1.165) is 25.7 Å². The maximum Gasteiger partial charge on any atom is 0.246 e. The lowest BCUT2D eigenvalue weighted by Crippen LogP contribution is -2.28. The van der Waals surface area contributed by atoms with Gasteiger partial charge in [0, 0.05) is 19.7 Å². The summed E-state index contributed by atoms with van der Waals surface area (Å²) in [5.74, 6) is 0.967. The molecule has 0 bridgehead atoms. The lowest BCUT2D eigenvalue weighted by Gasteiger charge is -2.19. The van der Waals surface area contributed by atoms with Crippen molar-refractivity contribution in [3.8, 4) is 11.5 Å². The van der Waals surface area contributed by atoms with Crippen LogP contribution in [0.25, 0.3) is 0 Å². The van der Waals surface area contributed by atoms with Gasteiger partial charge in [0.2, 0.25) is 10.0 Å². The van der Waals surface area contributed by atoms with Gasteiger partial charge in [0.05, 0.1) is 13.7 Å². The van der Waals surface area contributed by atoms with Crippen molar-refractivity contribution >= 4 is 10.0 Å². The Hall–Kier alpha value is -1.27. The van der Waals surface area contributed by atoms with Crippen LogP contribution in [0.3, 0.4) is 0 Å². The predicted molar refractivity (Wildman–Crippen MR) is 76.8 cm³/mol. The Kier molecular flexibility index (Phi) is 4.88. The molecule has 0 unspecified atom stereocenters. The number of ether oxygens (including phenoxy) is 2. The molecule has 0 aromatic heterocycles. The first-order valence-electron chi connectivity index (χ1n) is 6.83. The second-order valence-electron chi connectivity index (χ2n) is 4.90. The summed E-state index contributed by atoms with van der Waals surface area (Å²) in [6.45, 7) is 1.06. The molecule has 20 heavy (non-hydrogen) atoms. The highest BCUT2D eigenvalue weighted by Gasteiger charge is 2.25. The molecule has 0 amide bonds. The number of sulfonamides is 1. The van der Waals surface area contributed by atoms with Gasteiger partial charge in [-0.05, 0) is 25.0 Å². The van der Waals surface area contributed by atoms with E-state index in [1.807, 2.05) is 0 Å². The molecule has 112 valence electrons. The van der Waals surface area contributed by atoms with Crippen LogP contribution >= 0.6 is 0 Å². The third-order valence-corrected chi connectivity index (χ3v) is 5.36. The van der Waals surface area contributed by atoms with Crippen LogP contribution in [0.5, 0.6) is 11.5 Å². The molecule has 0 spiro atoms. The van der Waals surface area contributed by atoms with Crippen molar-refractivity contribution in [2.75, 3.05) is 27.3 Å². The molecule has 5 nitrogen and oxygen atoms in total. The Morgan fingerprint density at radius 2 is 1.95 bits per heavy atom. The highest BCUT2D eigenvalue weighted by molar-refractivity contribution is 7.89. The monoisotopic (exact) mass is 299 g/mol. The molecule has 1 heterocycles. The largest absolute Gasteiger partial charge is 0.497 e. The number of fused-ring (bicyclic) bond motifs is 1. The van der Waals surface area contributed by atoms with Crippen LogP contribution in [0.1, 0.15) is 25.7 Å². The van der Waals surface area contributed by atoms with E-state index in [-0.39, 0.29) is 4.90 Å². The van der Waals surface area contributed by atoms with Gasteiger partial charge in [-0.2, -0.15) is 0 Å². The van der Waals surface area contributed by atoms with Gasteiger partial charge in [-0.15, -0.1) is 0 Å². The quantitative estimate of drug-likeness (QED) is 0.798. The zero-order valence-corrected chi connectivity index (χ0v) is 12.8. The minimum atomic E-state index is -3.51. The van der Waals surface area contributed by atoms with Crippen molar-refractivity contribution in [3.63, 3.8) is 0 Å². The molecule has 6 heteroatoms. The fourth-order valence-electron chi connectivity index (χ4n) is 2.20. The number of nitrogens with zero attached hydrogens (tertiary/aromatic N) is 1. The van der Waals surface area contributed by atoms with Gasteiger partial charge in [-0.3, -0.25) is 0 Å². The van der Waals surface area contributed by atoms with Gasteiger partial charge in [0.25, 0.3) is 0 Å². The number of benzene rings is 1. The summed E-state index contributed by atoms with van der Waals surface area (Å²) in [5, 5.41) is 0. The first-order valence-corrected chi connectivity index (χ1v) is 8.27. The molecule has 0 atom stereocenters. The van der Waals surface area contributed by atoms with Crippen molar-refractivity contribution in [2.24, 2.45) is 0 Å². The lowest BCUT2D eigenvalue weighted by atomic mass is 10.2. The highest BCUT2D eigenvalue weighted by atomic mass is 32.2. The third-order valence-electron chi connectivity index (χ3n) is 3.46. The Labute approximate surface area is 120 Å². The summed E-state index contributed by atoms with van der Waals surface area (Å²) < 4.78 is 37.3. The van der Waals surface area contributed by atoms with Crippen molar-refractivity contribution < 1.29 is 17.9 Å². The number of methoxy groups -OCH3 is 1. The molecule has 1 aromatic rings. The van der Waals surface area contributed by atoms with E-state index in [9.17, 15) is 8.42 Å². The van der Waals surface area contributed by atoms with Crippen LogP contribution in [0.15, 0.2) is 23.1 Å². The highest BCUT2D eigenvalue weighted by Crippen LogP contribution is 2.31. The van der Waals surface area contributed by atoms with E-state index in [0.29, 0.717) is 24.7 Å². The molecular formula is C14H21NO4S. The maximum absolute atomic E-state index is 12.6. The van der Waals surface area contributed by atoms with E-state index in [2.05, 4.69) is 0 Å². The summed E-state index contributed by atoms with van der Waals surface area (Å²) in [7, 11) is -0.347. The van der Waals surface area contributed by atoms with E-state index in [4.69, 9.17) is 9.47 Å². The van der Waals surface area contributed by atoms with E-state index < -0.39 is 10.0 Å². The summed E-state index contributed by atoms with van der Waals surface area (Å²) >= 11 is 0. The van der Waals surface area contributed by atoms with Crippen molar-refractivity contribution in [1.82, 2.24) is 4.31 Å². The topological polar surface area (TPSA) is 55.8 Å². The van der Waals surface area contributed by atoms with Crippen LogP contribution in [-0.4, -0.2) is 40.0 Å². The van der Waals surface area contributed by atoms with E-state index in [1.54, 1.807) is 32.4 Å². The minimum absolute atomic E-state index is 0.211. The molecule has 0 saturated heterocycles. The Balaban J connectivity index is 2.44. The zero-order valence-electron chi connectivity index (χ0n) is 12.0. The van der Waals surface area contributed by atoms with Crippen molar-refractivity contribution in [1.29, 1.82) is 0 Å². The minimum Gasteiger partial charge on any atom is -0.497 e. The second-order valence-corrected chi connectivity index (χ2v) is 6.92. The fourth-order valence-corrected chi connectivity index (χ4v) is 3.52. The Morgan fingerprint density at radius 3 is 2.70 bits per heavy atom. The van der Waals surface area contributed by atoms with Crippen LogP contribution < -0.4 is 9.47 Å². The molecule has 1 aliphatic heterocycles. The smallest absolute Gasteiger partial charge is 0.246 e. The first kappa shape index (κ1) is 15.1. The van der Waals surface area contributed by atoms with Crippen LogP contribution in [0, 0.1) is 0 Å². The number of hydrogen-bond acceptors (Lipinski definition) is 4. The van der Waals surface area contributed by atoms with Crippen LogP contribution in [0.2, 0.25) is 0 Å². The van der Waals surface area contributed by atoms with Gasteiger partial charge in [-0.25, -0.2) is 12.7 Å². The van der Waals surface area contributed by atoms with Gasteiger partial charge in [-0.1, -0.05) is 12.8 Å². The van der Waals surface area contributed by atoms with E-state index >= 15 is 0 Å². The van der Waals surface area contributed by atoms with Crippen LogP contribution in [0.4, 0.5) is 0 Å². The molecule has 0 fully saturated rings. The SMILES string of the molecule is COc1ccc2c(c1)OCCCCCCN(C)S2(=O)=O. The molecular weight excluding hydrogens is 278 g/mol. The Morgan fingerprint density at radius 1 is 1.20 bits per heavy atom. The molecule has 0 N–H and O–H groups in total. The zero-order chi connectivity index (χ0) is 14.6. The average molecular weight is 299 g/mol. The summed E-state index contributed by atoms with van der Waals surface area (Å²) in [4.78, 5) is 0.211. The summed E-state index contributed by atoms with van der Waals surface area (Å²) in [5.41, 5.74) is 0. The molecule has 1 aromatic carbocycles. The summed E-state index contributed by atoms with van der Waals surface area (Å²) in [6, 6.07) is 4.84. The second kappa shape index (κ2) is 6.45. The molecule has 1 aliphatic rings. The normalized spacial score (nSPS) is 20.3. The molecule has 0 aliphatic carbocycles. The number of rotatable bonds is 1. The lowest BCUT2D eigenvalue weighted by molar-refractivity contribution is 0.295. The first-order chi connectivity index (χ1) is 9.55. The standard InChI is InChI=1S/C14H21NO4S/c1-15-9-5-3-4-6-10-19-13-11-12(18-2)7-8-14(13)20(15,16)17/h7-8,11H,3-6,9-10H2,1-2H3. The van der Waals surface area contributed by atoms with Crippen LogP contribution in [-0.2, 0) is 10.0 Å². The van der Waals surface area contributed by atoms with Gasteiger partial charge >= 0.3 is 0 Å². The van der Waals surface area contributed by atoms with Gasteiger partial charge in [0.15, 0.2) is 0 Å². The maximum atomic E-state index is 12.6. The molecule has 2 rings (SSSR count). The Bertz CT molecular complexity index is 556. The number of hydrogen-bond donors (Lipinski definition) is 0. The van der Waals surface area contributed by atoms with Crippen molar-refractivity contribution in [2.45, 2.75) is 30.6 Å². The van der Waals surface area contributed by atoms with Crippen molar-refractivity contribution in [3.05, 3.63) is 18.2 Å². The van der Waals surface area contributed by atoms with Gasteiger partial charge in [0.1, 0.15) is 16.4 Å².